The predicted octanol–water partition coefficient (Wildman–Crippen LogP) is 3.07. The van der Waals surface area contributed by atoms with Gasteiger partial charge in [0.15, 0.2) is 5.82 Å². The maximum absolute atomic E-state index is 15.2. The molecule has 1 amide bonds. The van der Waals surface area contributed by atoms with Gasteiger partial charge in [0.25, 0.3) is 0 Å². The van der Waals surface area contributed by atoms with E-state index in [0.29, 0.717) is 41.7 Å². The number of ether oxygens (including phenoxy) is 1. The zero-order chi connectivity index (χ0) is 25.6. The Balaban J connectivity index is 1.59. The summed E-state index contributed by atoms with van der Waals surface area (Å²) in [5.41, 5.74) is 8.11. The molecule has 1 aromatic carbocycles. The highest BCUT2D eigenvalue weighted by Crippen LogP contribution is 2.34. The minimum Gasteiger partial charge on any atom is -0.383 e. The molecular weight excluding hydrogens is 485 g/mol. The van der Waals surface area contributed by atoms with E-state index in [1.165, 1.54) is 18.7 Å². The van der Waals surface area contributed by atoms with Crippen molar-refractivity contribution in [2.24, 2.45) is 7.05 Å². The second kappa shape index (κ2) is 9.26. The molecule has 1 unspecified atom stereocenters. The number of halogens is 2. The lowest BCUT2D eigenvalue weighted by Crippen LogP contribution is -2.37. The number of hydrogen-bond acceptors (Lipinski definition) is 6. The first kappa shape index (κ1) is 23.8. The number of aryl methyl sites for hydroxylation is 1. The largest absolute Gasteiger partial charge is 0.383 e. The lowest BCUT2D eigenvalue weighted by molar-refractivity contribution is -0.127. The van der Waals surface area contributed by atoms with Crippen LogP contribution in [0.1, 0.15) is 23.6 Å². The highest BCUT2D eigenvalue weighted by molar-refractivity contribution is 6.32. The number of nitrogens with zero attached hydrogens (tertiary/aromatic N) is 6. The number of fused-ring (bicyclic) bond motifs is 2. The number of aromatic nitrogens is 5. The number of hydrogen-bond donors (Lipinski definition) is 1. The summed E-state index contributed by atoms with van der Waals surface area (Å²) in [5.74, 6) is 5.37. The first-order valence-electron chi connectivity index (χ1n) is 11.2. The normalized spacial score (nSPS) is 17.5. The Morgan fingerprint density at radius 3 is 2.94 bits per heavy atom. The number of carbonyl (C=O) groups excluding carboxylic acids is 1. The van der Waals surface area contributed by atoms with Gasteiger partial charge in [-0.15, -0.1) is 0 Å². The molecule has 0 aliphatic carbocycles. The summed E-state index contributed by atoms with van der Waals surface area (Å²) in [7, 11) is 3.36. The molecule has 4 heterocycles. The van der Waals surface area contributed by atoms with Gasteiger partial charge in [-0.25, -0.2) is 19.3 Å². The molecule has 0 bridgehead atoms. The van der Waals surface area contributed by atoms with Crippen LogP contribution in [0.4, 0.5) is 10.2 Å². The maximum Gasteiger partial charge on any atom is 0.246 e. The molecular formula is C25H23ClFN7O2. The Morgan fingerprint density at radius 1 is 1.39 bits per heavy atom. The molecule has 1 aliphatic heterocycles. The van der Waals surface area contributed by atoms with Crippen molar-refractivity contribution in [2.45, 2.75) is 18.5 Å². The van der Waals surface area contributed by atoms with Gasteiger partial charge in [-0.05, 0) is 18.6 Å². The molecule has 1 fully saturated rings. The summed E-state index contributed by atoms with van der Waals surface area (Å²) in [4.78, 5) is 26.8. The first-order valence-corrected chi connectivity index (χ1v) is 11.6. The molecule has 5 rings (SSSR count). The van der Waals surface area contributed by atoms with Crippen molar-refractivity contribution in [3.8, 4) is 11.8 Å². The molecule has 0 saturated carbocycles. The van der Waals surface area contributed by atoms with Crippen LogP contribution in [0.5, 0.6) is 0 Å². The highest BCUT2D eigenvalue weighted by atomic mass is 35.5. The summed E-state index contributed by atoms with van der Waals surface area (Å²) in [6.45, 7) is 4.45. The van der Waals surface area contributed by atoms with E-state index in [-0.39, 0.29) is 39.9 Å². The number of nitrogen functional groups attached to an aromatic ring is 1. The van der Waals surface area contributed by atoms with Gasteiger partial charge in [-0.1, -0.05) is 30.0 Å². The third-order valence-electron chi connectivity index (χ3n) is 6.48. The SMILES string of the molecule is C=CC(=O)N1CC(n2cc(C#Cc3c(Cl)cc4c(ncn4C)c3F)c3c(N)ncnc32)C[C@@H]1COC. The van der Waals surface area contributed by atoms with Gasteiger partial charge in [0.2, 0.25) is 5.91 Å². The summed E-state index contributed by atoms with van der Waals surface area (Å²) >= 11 is 6.37. The minimum atomic E-state index is -0.588. The number of anilines is 1. The van der Waals surface area contributed by atoms with E-state index in [9.17, 15) is 4.79 Å². The average Bonchev–Trinajstić information content (AvgIpc) is 3.55. The summed E-state index contributed by atoms with van der Waals surface area (Å²) in [5, 5.41) is 0.734. The maximum atomic E-state index is 15.2. The molecule has 3 aromatic heterocycles. The van der Waals surface area contributed by atoms with Gasteiger partial charge in [0, 0.05) is 26.9 Å². The van der Waals surface area contributed by atoms with Gasteiger partial charge >= 0.3 is 0 Å². The smallest absolute Gasteiger partial charge is 0.246 e. The van der Waals surface area contributed by atoms with Crippen molar-refractivity contribution < 1.29 is 13.9 Å². The lowest BCUT2D eigenvalue weighted by Gasteiger charge is -2.22. The van der Waals surface area contributed by atoms with Gasteiger partial charge in [0.05, 0.1) is 52.1 Å². The Bertz CT molecular complexity index is 1580. The van der Waals surface area contributed by atoms with E-state index in [2.05, 4.69) is 33.4 Å². The molecule has 0 radical (unpaired) electrons. The molecule has 36 heavy (non-hydrogen) atoms. The standard InChI is InChI=1S/C25H23ClFN7O2/c1-4-20(35)33-10-15(7-16(33)11-36-3)34-9-14(21-24(28)29-12-30-25(21)34)5-6-17-18(26)8-19-23(22(17)27)31-13-32(19)2/h4,8-9,12-13,15-16H,1,7,10-11H2,2-3H3,(H2,28,29,30)/t15?,16-/m1/s1. The fourth-order valence-electron chi connectivity index (χ4n) is 4.75. The quantitative estimate of drug-likeness (QED) is 0.336. The second-order valence-corrected chi connectivity index (χ2v) is 9.03. The molecule has 1 saturated heterocycles. The Kier molecular flexibility index (Phi) is 6.12. The molecule has 2 atom stereocenters. The van der Waals surface area contributed by atoms with Crippen LogP contribution in [-0.2, 0) is 16.6 Å². The van der Waals surface area contributed by atoms with Gasteiger partial charge < -0.3 is 24.5 Å². The minimum absolute atomic E-state index is 0.0444. The highest BCUT2D eigenvalue weighted by Gasteiger charge is 2.36. The Morgan fingerprint density at radius 2 is 2.19 bits per heavy atom. The van der Waals surface area contributed by atoms with Gasteiger partial charge in [-0.2, -0.15) is 0 Å². The number of carbonyl (C=O) groups is 1. The number of methoxy groups -OCH3 is 1. The van der Waals surface area contributed by atoms with Gasteiger partial charge in [-0.3, -0.25) is 4.79 Å². The fourth-order valence-corrected chi connectivity index (χ4v) is 4.98. The zero-order valence-electron chi connectivity index (χ0n) is 19.7. The van der Waals surface area contributed by atoms with E-state index in [0.717, 1.165) is 0 Å². The molecule has 4 aromatic rings. The average molecular weight is 508 g/mol. The van der Waals surface area contributed by atoms with E-state index in [1.54, 1.807) is 29.7 Å². The number of amides is 1. The summed E-state index contributed by atoms with van der Waals surface area (Å²) < 4.78 is 24.1. The number of likely N-dealkylation sites (tertiary alicyclic amines) is 1. The van der Waals surface area contributed by atoms with Crippen LogP contribution in [0.25, 0.3) is 22.1 Å². The van der Waals surface area contributed by atoms with E-state index in [4.69, 9.17) is 22.1 Å². The van der Waals surface area contributed by atoms with Crippen LogP contribution < -0.4 is 5.73 Å². The number of benzene rings is 1. The molecule has 1 aliphatic rings. The zero-order valence-corrected chi connectivity index (χ0v) is 20.5. The molecule has 2 N–H and O–H groups in total. The van der Waals surface area contributed by atoms with Crippen molar-refractivity contribution >= 4 is 45.4 Å². The second-order valence-electron chi connectivity index (χ2n) is 8.62. The topological polar surface area (TPSA) is 104 Å². The molecule has 184 valence electrons. The molecule has 0 spiro atoms. The van der Waals surface area contributed by atoms with Crippen LogP contribution in [0.3, 0.4) is 0 Å². The predicted molar refractivity (Wildman–Crippen MR) is 135 cm³/mol. The Hall–Kier alpha value is -3.94. The van der Waals surface area contributed by atoms with Crippen LogP contribution in [-0.4, -0.2) is 61.2 Å². The fraction of sp³-hybridized carbons (Fsp3) is 0.280. The first-order chi connectivity index (χ1) is 17.3. The van der Waals surface area contributed by atoms with Crippen LogP contribution in [0, 0.1) is 17.7 Å². The van der Waals surface area contributed by atoms with Crippen LogP contribution in [0.2, 0.25) is 5.02 Å². The monoisotopic (exact) mass is 507 g/mol. The van der Waals surface area contributed by atoms with Crippen molar-refractivity contribution in [1.82, 2.24) is 29.0 Å². The van der Waals surface area contributed by atoms with Crippen molar-refractivity contribution in [3.05, 3.63) is 59.5 Å². The van der Waals surface area contributed by atoms with E-state index < -0.39 is 5.82 Å². The van der Waals surface area contributed by atoms with Crippen LogP contribution >= 0.6 is 11.6 Å². The lowest BCUT2D eigenvalue weighted by atomic mass is 10.1. The summed E-state index contributed by atoms with van der Waals surface area (Å²) in [6, 6.07) is 1.42. The third kappa shape index (κ3) is 3.86. The third-order valence-corrected chi connectivity index (χ3v) is 6.77. The Labute approximate surface area is 211 Å². The number of nitrogens with two attached hydrogens (primary N) is 1. The molecule has 11 heteroatoms. The van der Waals surface area contributed by atoms with Gasteiger partial charge in [0.1, 0.15) is 23.3 Å². The summed E-state index contributed by atoms with van der Waals surface area (Å²) in [6.07, 6.45) is 6.65. The van der Waals surface area contributed by atoms with Crippen molar-refractivity contribution in [1.29, 1.82) is 0 Å². The molecule has 9 nitrogen and oxygen atoms in total. The number of imidazole rings is 1. The van der Waals surface area contributed by atoms with Crippen molar-refractivity contribution in [2.75, 3.05) is 26.0 Å². The van der Waals surface area contributed by atoms with Crippen LogP contribution in [0.15, 0.2) is 37.6 Å². The number of rotatable bonds is 4. The van der Waals surface area contributed by atoms with E-state index in [1.807, 2.05) is 10.8 Å². The van der Waals surface area contributed by atoms with E-state index >= 15 is 4.39 Å². The van der Waals surface area contributed by atoms with Crippen molar-refractivity contribution in [3.63, 3.8) is 0 Å².